The third kappa shape index (κ3) is 4.45. The smallest absolute Gasteiger partial charge is 0.374 e. The number of carbonyl (C=O) groups is 1. The minimum atomic E-state index is -0.504. The van der Waals surface area contributed by atoms with Crippen LogP contribution in [0.1, 0.15) is 38.6 Å². The van der Waals surface area contributed by atoms with Crippen LogP contribution < -0.4 is 0 Å². The molecule has 32 heavy (non-hydrogen) atoms. The first-order valence-corrected chi connectivity index (χ1v) is 11.0. The number of aliphatic hydroxyl groups is 2. The van der Waals surface area contributed by atoms with Gasteiger partial charge in [0.1, 0.15) is 17.2 Å². The van der Waals surface area contributed by atoms with E-state index in [1.165, 1.54) is 7.11 Å². The Bertz CT molecular complexity index is 1360. The van der Waals surface area contributed by atoms with Crippen LogP contribution in [-0.2, 0) is 18.0 Å². The summed E-state index contributed by atoms with van der Waals surface area (Å²) in [7, 11) is 1.31. The highest BCUT2D eigenvalue weighted by atomic mass is 79.9. The van der Waals surface area contributed by atoms with Crippen LogP contribution in [0.3, 0.4) is 0 Å². The molecule has 0 atom stereocenters. The van der Waals surface area contributed by atoms with Crippen LogP contribution in [0.15, 0.2) is 42.0 Å². The van der Waals surface area contributed by atoms with Gasteiger partial charge in [0.15, 0.2) is 0 Å². The summed E-state index contributed by atoms with van der Waals surface area (Å²) < 4.78 is 17.0. The van der Waals surface area contributed by atoms with E-state index in [2.05, 4.69) is 36.6 Å². The number of fused-ring (bicyclic) bond motifs is 2. The van der Waals surface area contributed by atoms with Crippen molar-refractivity contribution in [2.45, 2.75) is 27.1 Å². The predicted octanol–water partition coefficient (Wildman–Crippen LogP) is 5.65. The first kappa shape index (κ1) is 24.0. The molecular formula is C23H19Br2NO6. The molecule has 0 radical (unpaired) electrons. The number of rotatable bonds is 3. The molecule has 0 saturated heterocycles. The van der Waals surface area contributed by atoms with Gasteiger partial charge in [-0.25, -0.2) is 4.79 Å². The van der Waals surface area contributed by atoms with E-state index >= 15 is 0 Å². The van der Waals surface area contributed by atoms with Gasteiger partial charge < -0.3 is 23.8 Å². The number of carbonyl (C=O) groups excluding carboxylic acids is 1. The van der Waals surface area contributed by atoms with E-state index in [9.17, 15) is 4.79 Å². The number of aryl methyl sites for hydroxylation is 2. The average Bonchev–Trinajstić information content (AvgIpc) is 3.31. The Morgan fingerprint density at radius 3 is 1.94 bits per heavy atom. The normalized spacial score (nSPS) is 10.7. The number of methoxy groups -OCH3 is 1. The van der Waals surface area contributed by atoms with Gasteiger partial charge in [-0.15, -0.1) is 0 Å². The van der Waals surface area contributed by atoms with Crippen molar-refractivity contribution in [2.75, 3.05) is 7.11 Å². The van der Waals surface area contributed by atoms with Crippen molar-refractivity contribution in [3.05, 3.63) is 67.0 Å². The summed E-state index contributed by atoms with van der Waals surface area (Å²) in [4.78, 5) is 11.5. The van der Waals surface area contributed by atoms with Gasteiger partial charge in [-0.3, -0.25) is 0 Å². The van der Waals surface area contributed by atoms with Crippen LogP contribution in [0.4, 0.5) is 0 Å². The molecule has 0 unspecified atom stereocenters. The molecular weight excluding hydrogens is 546 g/mol. The fourth-order valence-corrected chi connectivity index (χ4v) is 4.42. The third-order valence-electron chi connectivity index (χ3n) is 4.94. The highest BCUT2D eigenvalue weighted by molar-refractivity contribution is 9.11. The Morgan fingerprint density at radius 1 is 0.969 bits per heavy atom. The van der Waals surface area contributed by atoms with E-state index in [4.69, 9.17) is 24.3 Å². The lowest BCUT2D eigenvalue weighted by Gasteiger charge is -1.98. The number of benzene rings is 2. The van der Waals surface area contributed by atoms with Gasteiger partial charge in [-0.2, -0.15) is 5.26 Å². The summed E-state index contributed by atoms with van der Waals surface area (Å²) in [5.74, 6) is 0.00947. The van der Waals surface area contributed by atoms with Crippen LogP contribution >= 0.6 is 31.9 Å². The molecule has 0 bridgehead atoms. The fraction of sp³-hybridized carbons (Fsp3) is 0.217. The Kier molecular flexibility index (Phi) is 7.41. The topological polar surface area (TPSA) is 117 Å². The Hall–Kier alpha value is -2.64. The quantitative estimate of drug-likeness (QED) is 0.309. The predicted molar refractivity (Wildman–Crippen MR) is 125 cm³/mol. The molecule has 4 rings (SSSR count). The second kappa shape index (κ2) is 9.88. The number of nitriles is 1. The van der Waals surface area contributed by atoms with Gasteiger partial charge in [-0.05, 0) is 81.1 Å². The molecule has 2 aromatic carbocycles. The van der Waals surface area contributed by atoms with Gasteiger partial charge in [0, 0.05) is 21.9 Å². The fourth-order valence-electron chi connectivity index (χ4n) is 3.24. The Morgan fingerprint density at radius 2 is 1.47 bits per heavy atom. The van der Waals surface area contributed by atoms with Gasteiger partial charge in [0.25, 0.3) is 0 Å². The first-order valence-electron chi connectivity index (χ1n) is 9.38. The molecule has 2 heterocycles. The zero-order valence-electron chi connectivity index (χ0n) is 17.5. The number of hydrogen-bond acceptors (Lipinski definition) is 7. The number of esters is 1. The minimum absolute atomic E-state index is 0.0267. The van der Waals surface area contributed by atoms with E-state index in [-0.39, 0.29) is 19.0 Å². The highest BCUT2D eigenvalue weighted by Gasteiger charge is 2.20. The van der Waals surface area contributed by atoms with Gasteiger partial charge in [0.05, 0.1) is 29.3 Å². The number of furan rings is 2. The van der Waals surface area contributed by atoms with E-state index in [1.54, 1.807) is 25.1 Å². The van der Waals surface area contributed by atoms with Crippen molar-refractivity contribution >= 4 is 59.8 Å². The second-order valence-corrected chi connectivity index (χ2v) is 8.65. The summed E-state index contributed by atoms with van der Waals surface area (Å²) >= 11 is 6.70. The van der Waals surface area contributed by atoms with Gasteiger partial charge >= 0.3 is 5.97 Å². The van der Waals surface area contributed by atoms with Crippen LogP contribution in [-0.4, -0.2) is 23.3 Å². The van der Waals surface area contributed by atoms with Crippen molar-refractivity contribution in [3.8, 4) is 6.07 Å². The van der Waals surface area contributed by atoms with Crippen molar-refractivity contribution in [1.82, 2.24) is 0 Å². The Balaban J connectivity index is 0.000000182. The zero-order valence-corrected chi connectivity index (χ0v) is 20.6. The summed E-state index contributed by atoms with van der Waals surface area (Å²) in [6.07, 6.45) is 0. The summed E-state index contributed by atoms with van der Waals surface area (Å²) in [6.45, 7) is 3.53. The third-order valence-corrected chi connectivity index (χ3v) is 6.12. The van der Waals surface area contributed by atoms with Crippen molar-refractivity contribution in [3.63, 3.8) is 0 Å². The number of ether oxygens (including phenoxy) is 1. The number of halogens is 2. The molecule has 0 aliphatic carbocycles. The lowest BCUT2D eigenvalue weighted by Crippen LogP contribution is -2.00. The maximum atomic E-state index is 11.5. The van der Waals surface area contributed by atoms with Crippen LogP contribution in [0.2, 0.25) is 0 Å². The number of hydrogen-bond donors (Lipinski definition) is 2. The lowest BCUT2D eigenvalue weighted by atomic mass is 10.1. The standard InChI is InChI=1S/C12H11BrO4.C11H8BrNO2/c1-6-8-3-7(5-14)4-9(13)11(8)17-10(6)12(15)16-2;1-6-8-2-7(5-14)3-9(12)11(8)15-10(6)4-13/h3-4,14H,5H2,1-2H3;2-3,14H,5H2,1H3. The number of nitrogens with zero attached hydrogens (tertiary/aromatic N) is 1. The van der Waals surface area contributed by atoms with Crippen molar-refractivity contribution in [1.29, 1.82) is 5.26 Å². The molecule has 166 valence electrons. The van der Waals surface area contributed by atoms with E-state index in [1.807, 2.05) is 19.1 Å². The van der Waals surface area contributed by atoms with Gasteiger partial charge in [0.2, 0.25) is 11.5 Å². The minimum Gasteiger partial charge on any atom is -0.463 e. The molecule has 0 aliphatic heterocycles. The van der Waals surface area contributed by atoms with E-state index in [0.29, 0.717) is 27.0 Å². The molecule has 9 heteroatoms. The molecule has 0 saturated carbocycles. The molecule has 0 fully saturated rings. The highest BCUT2D eigenvalue weighted by Crippen LogP contribution is 2.33. The molecule has 0 aliphatic rings. The zero-order chi connectivity index (χ0) is 23.6. The summed E-state index contributed by atoms with van der Waals surface area (Å²) in [6, 6.07) is 9.17. The van der Waals surface area contributed by atoms with Crippen molar-refractivity contribution in [2.24, 2.45) is 0 Å². The van der Waals surface area contributed by atoms with Gasteiger partial charge in [-0.1, -0.05) is 0 Å². The average molecular weight is 565 g/mol. The lowest BCUT2D eigenvalue weighted by molar-refractivity contribution is 0.0566. The van der Waals surface area contributed by atoms with E-state index in [0.717, 1.165) is 31.9 Å². The summed E-state index contributed by atoms with van der Waals surface area (Å²) in [5, 5.41) is 28.7. The molecule has 0 amide bonds. The Labute approximate surface area is 200 Å². The van der Waals surface area contributed by atoms with Crippen molar-refractivity contribution < 1.29 is 28.6 Å². The molecule has 2 N–H and O–H groups in total. The maximum absolute atomic E-state index is 11.5. The first-order chi connectivity index (χ1) is 15.2. The molecule has 0 spiro atoms. The van der Waals surface area contributed by atoms with Crippen LogP contribution in [0, 0.1) is 25.2 Å². The van der Waals surface area contributed by atoms with Crippen LogP contribution in [0.25, 0.3) is 21.9 Å². The van der Waals surface area contributed by atoms with E-state index < -0.39 is 5.97 Å². The molecule has 4 aromatic rings. The summed E-state index contributed by atoms with van der Waals surface area (Å²) in [5.41, 5.74) is 4.31. The maximum Gasteiger partial charge on any atom is 0.374 e. The molecule has 2 aromatic heterocycles. The SMILES string of the molecule is COC(=O)c1oc2c(Br)cc(CO)cc2c1C.Cc1c(C#N)oc2c(Br)cc(CO)cc12. The van der Waals surface area contributed by atoms with Crippen LogP contribution in [0.5, 0.6) is 0 Å². The number of aliphatic hydroxyl groups excluding tert-OH is 2. The largest absolute Gasteiger partial charge is 0.463 e. The molecule has 7 nitrogen and oxygen atoms in total. The monoisotopic (exact) mass is 563 g/mol. The second-order valence-electron chi connectivity index (χ2n) is 6.94.